The van der Waals surface area contributed by atoms with Crippen molar-refractivity contribution in [1.29, 1.82) is 0 Å². The van der Waals surface area contributed by atoms with Crippen LogP contribution in [0.4, 0.5) is 28.4 Å². The standard InChI is InChI=1S/C26H25N5O13S4.2Na/c27-23-22-15(13-20(47(39,40)41)24(23)30-28-16-1-5-18(6-2-16)45(35,36)11-9-32)14-21(48(42,43)44)25(26(22)34)31-29-17-3-7-19(8-4-17)46(37,38)12-10-33;;/h1-8,13-14,32-34H,9-12,27H2,(H,39,40,41)(H,42,43,44);;/q;2*+1/p-2/b30-28+,31-29+;;. The van der Waals surface area contributed by atoms with E-state index < -0.39 is 108 Å². The Bertz CT molecular complexity index is 2240. The number of aromatic hydroxyl groups is 1. The molecule has 0 unspecified atom stereocenters. The maximum absolute atomic E-state index is 12.2. The number of hydrogen-bond donors (Lipinski definition) is 4. The molecular formula is C26H23N5Na2O13S4. The Balaban J connectivity index is 0.00000433. The molecule has 0 saturated carbocycles. The van der Waals surface area contributed by atoms with Gasteiger partial charge in [0.15, 0.2) is 25.4 Å². The van der Waals surface area contributed by atoms with Crippen molar-refractivity contribution in [3.63, 3.8) is 0 Å². The summed E-state index contributed by atoms with van der Waals surface area (Å²) >= 11 is 0. The van der Waals surface area contributed by atoms with Crippen LogP contribution in [0.2, 0.25) is 0 Å². The van der Waals surface area contributed by atoms with E-state index in [9.17, 15) is 47.9 Å². The van der Waals surface area contributed by atoms with Crippen molar-refractivity contribution in [2.75, 3.05) is 30.5 Å². The molecule has 0 bridgehead atoms. The summed E-state index contributed by atoms with van der Waals surface area (Å²) in [6, 6.07) is 10.4. The first-order chi connectivity index (χ1) is 22.3. The zero-order chi connectivity index (χ0) is 35.7. The number of aliphatic hydroxyl groups is 2. The Hall–Kier alpha value is -2.42. The van der Waals surface area contributed by atoms with Crippen molar-refractivity contribution in [1.82, 2.24) is 0 Å². The van der Waals surface area contributed by atoms with Crippen LogP contribution in [0.1, 0.15) is 0 Å². The Morgan fingerprint density at radius 2 is 0.960 bits per heavy atom. The van der Waals surface area contributed by atoms with Crippen LogP contribution in [-0.4, -0.2) is 82.8 Å². The third kappa shape index (κ3) is 9.92. The van der Waals surface area contributed by atoms with Crippen LogP contribution >= 0.6 is 0 Å². The first-order valence-electron chi connectivity index (χ1n) is 13.0. The summed E-state index contributed by atoms with van der Waals surface area (Å²) in [7, 11) is -18.5. The van der Waals surface area contributed by atoms with Gasteiger partial charge in [-0.3, -0.25) is 0 Å². The van der Waals surface area contributed by atoms with Crippen molar-refractivity contribution >= 4 is 79.1 Å². The number of nitrogens with zero attached hydrogens (tertiary/aromatic N) is 4. The summed E-state index contributed by atoms with van der Waals surface area (Å²) in [6.45, 7) is -1.25. The Kier molecular flexibility index (Phi) is 14.8. The molecule has 0 radical (unpaired) electrons. The molecule has 0 fully saturated rings. The van der Waals surface area contributed by atoms with Crippen molar-refractivity contribution in [3.05, 3.63) is 60.7 Å². The van der Waals surface area contributed by atoms with Gasteiger partial charge in [-0.15, -0.1) is 10.2 Å². The van der Waals surface area contributed by atoms with Gasteiger partial charge in [0.2, 0.25) is 0 Å². The zero-order valence-electron chi connectivity index (χ0n) is 26.0. The fraction of sp³-hybridized carbons (Fsp3) is 0.154. The fourth-order valence-electron chi connectivity index (χ4n) is 4.22. The van der Waals surface area contributed by atoms with Crippen LogP contribution in [0.15, 0.2) is 101 Å². The number of phenols is 1. The maximum Gasteiger partial charge on any atom is 1.00 e. The van der Waals surface area contributed by atoms with Crippen LogP contribution in [0.25, 0.3) is 10.8 Å². The average molecular weight is 788 g/mol. The van der Waals surface area contributed by atoms with Crippen LogP contribution in [0.3, 0.4) is 0 Å². The van der Waals surface area contributed by atoms with E-state index in [0.717, 1.165) is 36.4 Å². The SMILES string of the molecule is Nc1c(/N=N/c2ccc(S(=O)(=O)CCO)cc2)c(S(=O)(=O)[O-])cc2cc(S(=O)(=O)[O-])c(/N=N/c3ccc(S(=O)(=O)CCO)cc3)c(O)c12.[Na+].[Na+]. The molecule has 5 N–H and O–H groups in total. The first kappa shape index (κ1) is 43.7. The smallest absolute Gasteiger partial charge is 0.744 e. The van der Waals surface area contributed by atoms with Gasteiger partial charge in [-0.25, -0.2) is 33.7 Å². The van der Waals surface area contributed by atoms with Gasteiger partial charge in [0.1, 0.15) is 31.6 Å². The minimum Gasteiger partial charge on any atom is -0.744 e. The number of benzene rings is 4. The molecule has 24 heteroatoms. The third-order valence-electron chi connectivity index (χ3n) is 6.50. The van der Waals surface area contributed by atoms with E-state index in [2.05, 4.69) is 20.5 Å². The summed E-state index contributed by atoms with van der Waals surface area (Å²) in [6.07, 6.45) is 0. The van der Waals surface area contributed by atoms with Crippen molar-refractivity contribution in [3.8, 4) is 5.75 Å². The quantitative estimate of drug-likeness (QED) is 0.0465. The van der Waals surface area contributed by atoms with Gasteiger partial charge in [-0.05, 0) is 66.0 Å². The molecule has 0 aliphatic carbocycles. The van der Waals surface area contributed by atoms with E-state index >= 15 is 0 Å². The number of rotatable bonds is 12. The molecule has 0 atom stereocenters. The number of phenolic OH excluding ortho intramolecular Hbond substituents is 1. The van der Waals surface area contributed by atoms with E-state index in [1.807, 2.05) is 0 Å². The molecule has 4 aromatic rings. The summed E-state index contributed by atoms with van der Waals surface area (Å²) in [5.74, 6) is -2.19. The first-order valence-corrected chi connectivity index (χ1v) is 19.2. The second-order valence-electron chi connectivity index (χ2n) is 9.69. The molecule has 256 valence electrons. The molecule has 0 amide bonds. The monoisotopic (exact) mass is 787 g/mol. The minimum atomic E-state index is -5.45. The molecule has 0 heterocycles. The average Bonchev–Trinajstić information content (AvgIpc) is 2.99. The molecule has 0 spiro atoms. The van der Waals surface area contributed by atoms with Gasteiger partial charge >= 0.3 is 59.1 Å². The Morgan fingerprint density at radius 1 is 0.600 bits per heavy atom. The predicted octanol–water partition coefficient (Wildman–Crippen LogP) is -3.69. The number of aliphatic hydroxyl groups excluding tert-OH is 2. The second kappa shape index (κ2) is 16.9. The zero-order valence-corrected chi connectivity index (χ0v) is 33.3. The van der Waals surface area contributed by atoms with Crippen LogP contribution in [-0.2, 0) is 39.9 Å². The molecule has 0 saturated heterocycles. The molecule has 18 nitrogen and oxygen atoms in total. The summed E-state index contributed by atoms with van der Waals surface area (Å²) in [5.41, 5.74) is 3.54. The maximum atomic E-state index is 12.2. The Labute approximate surface area is 330 Å². The number of fused-ring (bicyclic) bond motifs is 1. The van der Waals surface area contributed by atoms with Crippen LogP contribution in [0, 0.1) is 0 Å². The van der Waals surface area contributed by atoms with E-state index in [1.54, 1.807) is 0 Å². The van der Waals surface area contributed by atoms with Crippen molar-refractivity contribution < 1.29 is 117 Å². The summed E-state index contributed by atoms with van der Waals surface area (Å²) in [5, 5.41) is 42.9. The number of hydrogen-bond acceptors (Lipinski definition) is 18. The van der Waals surface area contributed by atoms with Crippen molar-refractivity contribution in [2.45, 2.75) is 19.6 Å². The van der Waals surface area contributed by atoms with Crippen molar-refractivity contribution in [2.24, 2.45) is 20.5 Å². The normalized spacial score (nSPS) is 12.6. The Morgan fingerprint density at radius 3 is 1.32 bits per heavy atom. The molecule has 0 aliphatic heterocycles. The minimum absolute atomic E-state index is 0. The largest absolute Gasteiger partial charge is 1.00 e. The molecule has 4 rings (SSSR count). The van der Waals surface area contributed by atoms with E-state index in [-0.39, 0.29) is 80.3 Å². The topological polar surface area (TPSA) is 319 Å². The molecule has 4 aromatic carbocycles. The van der Waals surface area contributed by atoms with Gasteiger partial charge in [0.05, 0.1) is 66.7 Å². The van der Waals surface area contributed by atoms with Gasteiger partial charge in [-0.1, -0.05) is 0 Å². The van der Waals surface area contributed by atoms with Gasteiger partial charge < -0.3 is 30.2 Å². The number of sulfone groups is 2. The fourth-order valence-corrected chi connectivity index (χ4v) is 7.58. The molecule has 0 aromatic heterocycles. The number of anilines is 1. The van der Waals surface area contributed by atoms with Crippen LogP contribution in [0.5, 0.6) is 5.75 Å². The number of nitrogen functional groups attached to an aromatic ring is 1. The third-order valence-corrected chi connectivity index (χ3v) is 11.6. The van der Waals surface area contributed by atoms with Gasteiger partial charge in [-0.2, -0.15) is 10.2 Å². The molecular weight excluding hydrogens is 765 g/mol. The summed E-state index contributed by atoms with van der Waals surface area (Å²) < 4.78 is 121. The number of azo groups is 2. The van der Waals surface area contributed by atoms with E-state index in [0.29, 0.717) is 12.1 Å². The number of nitrogens with two attached hydrogens (primary N) is 1. The van der Waals surface area contributed by atoms with E-state index in [4.69, 9.17) is 15.9 Å². The van der Waals surface area contributed by atoms with Gasteiger partial charge in [0, 0.05) is 0 Å². The van der Waals surface area contributed by atoms with E-state index in [1.165, 1.54) is 12.1 Å². The van der Waals surface area contributed by atoms with Gasteiger partial charge in [0.25, 0.3) is 0 Å². The summed E-state index contributed by atoms with van der Waals surface area (Å²) in [4.78, 5) is -2.63. The second-order valence-corrected chi connectivity index (χ2v) is 16.6. The predicted molar refractivity (Wildman–Crippen MR) is 165 cm³/mol. The molecule has 50 heavy (non-hydrogen) atoms. The van der Waals surface area contributed by atoms with Crippen LogP contribution < -0.4 is 64.8 Å². The molecule has 0 aliphatic rings.